The number of nitrogens with zero attached hydrogens (tertiary/aromatic N) is 3. The van der Waals surface area contributed by atoms with Gasteiger partial charge in [-0.2, -0.15) is 5.10 Å². The van der Waals surface area contributed by atoms with Crippen molar-refractivity contribution < 1.29 is 10.0 Å². The topological polar surface area (TPSA) is 80.0 Å². The number of pyridine rings is 1. The van der Waals surface area contributed by atoms with Crippen molar-refractivity contribution >= 4 is 16.8 Å². The molecule has 6 heteroatoms. The number of rotatable bonds is 3. The van der Waals surface area contributed by atoms with Crippen molar-refractivity contribution in [3.8, 4) is 0 Å². The lowest BCUT2D eigenvalue weighted by molar-refractivity contribution is 0.0706. The summed E-state index contributed by atoms with van der Waals surface area (Å²) in [5.74, 6) is -0.547. The van der Waals surface area contributed by atoms with Gasteiger partial charge in [-0.15, -0.1) is 0 Å². The van der Waals surface area contributed by atoms with Crippen LogP contribution in [0.15, 0.2) is 48.9 Å². The molecule has 1 aromatic carbocycles. The molecule has 0 atom stereocenters. The van der Waals surface area contributed by atoms with Gasteiger partial charge in [0.15, 0.2) is 0 Å². The molecule has 100 valence electrons. The molecule has 0 aliphatic rings. The monoisotopic (exact) mass is 268 g/mol. The molecular weight excluding hydrogens is 256 g/mol. The minimum atomic E-state index is -0.547. The Hall–Kier alpha value is -2.73. The third-order valence-corrected chi connectivity index (χ3v) is 2.99. The first-order valence-electron chi connectivity index (χ1n) is 6.07. The number of carbonyl (C=O) groups is 1. The van der Waals surface area contributed by atoms with E-state index >= 15 is 0 Å². The van der Waals surface area contributed by atoms with Crippen molar-refractivity contribution in [3.05, 3.63) is 60.0 Å². The number of fused-ring (bicyclic) bond motifs is 1. The fraction of sp³-hybridized carbons (Fsp3) is 0.0714. The second-order valence-corrected chi connectivity index (χ2v) is 4.40. The van der Waals surface area contributed by atoms with Crippen LogP contribution < -0.4 is 5.48 Å². The highest BCUT2D eigenvalue weighted by atomic mass is 16.5. The summed E-state index contributed by atoms with van der Waals surface area (Å²) in [7, 11) is 0. The normalized spacial score (nSPS) is 10.7. The van der Waals surface area contributed by atoms with Gasteiger partial charge in [0, 0.05) is 29.5 Å². The van der Waals surface area contributed by atoms with Crippen LogP contribution >= 0.6 is 0 Å². The van der Waals surface area contributed by atoms with Crippen LogP contribution in [0.5, 0.6) is 0 Å². The molecule has 0 spiro atoms. The Morgan fingerprint density at radius 3 is 3.00 bits per heavy atom. The molecule has 2 N–H and O–H groups in total. The molecule has 3 aromatic rings. The molecular formula is C14H12N4O2. The van der Waals surface area contributed by atoms with E-state index in [4.69, 9.17) is 5.21 Å². The summed E-state index contributed by atoms with van der Waals surface area (Å²) in [6, 6.07) is 8.93. The predicted molar refractivity (Wildman–Crippen MR) is 72.3 cm³/mol. The molecule has 0 aliphatic carbocycles. The van der Waals surface area contributed by atoms with Crippen molar-refractivity contribution in [2.45, 2.75) is 6.54 Å². The smallest absolute Gasteiger partial charge is 0.274 e. The van der Waals surface area contributed by atoms with Gasteiger partial charge >= 0.3 is 0 Å². The van der Waals surface area contributed by atoms with Crippen LogP contribution in [0.1, 0.15) is 15.9 Å². The predicted octanol–water partition coefficient (Wildman–Crippen LogP) is 1.60. The van der Waals surface area contributed by atoms with Crippen molar-refractivity contribution in [1.82, 2.24) is 20.2 Å². The number of carbonyl (C=O) groups excluding carboxylic acids is 1. The van der Waals surface area contributed by atoms with Crippen LogP contribution in [-0.4, -0.2) is 25.9 Å². The Kier molecular flexibility index (Phi) is 3.14. The second kappa shape index (κ2) is 5.10. The lowest BCUT2D eigenvalue weighted by atomic mass is 10.1. The van der Waals surface area contributed by atoms with E-state index in [-0.39, 0.29) is 0 Å². The van der Waals surface area contributed by atoms with E-state index in [1.54, 1.807) is 40.8 Å². The summed E-state index contributed by atoms with van der Waals surface area (Å²) in [6.07, 6.45) is 5.42. The van der Waals surface area contributed by atoms with Gasteiger partial charge in [0.1, 0.15) is 0 Å². The highest BCUT2D eigenvalue weighted by molar-refractivity contribution is 5.97. The molecule has 0 aliphatic heterocycles. The van der Waals surface area contributed by atoms with Gasteiger partial charge in [-0.05, 0) is 23.8 Å². The molecule has 0 bridgehead atoms. The molecule has 0 saturated carbocycles. The third-order valence-electron chi connectivity index (χ3n) is 2.99. The van der Waals surface area contributed by atoms with Crippen LogP contribution in [0.3, 0.4) is 0 Å². The fourth-order valence-corrected chi connectivity index (χ4v) is 2.03. The van der Waals surface area contributed by atoms with Gasteiger partial charge in [0.25, 0.3) is 5.91 Å². The largest absolute Gasteiger partial charge is 0.288 e. The van der Waals surface area contributed by atoms with Gasteiger partial charge in [0.2, 0.25) is 0 Å². The maximum Gasteiger partial charge on any atom is 0.274 e. The molecule has 2 heterocycles. The number of benzene rings is 1. The van der Waals surface area contributed by atoms with E-state index in [1.165, 1.54) is 0 Å². The Bertz CT molecular complexity index is 752. The Balaban J connectivity index is 1.92. The zero-order valence-electron chi connectivity index (χ0n) is 10.5. The molecule has 1 amide bonds. The number of amides is 1. The molecule has 6 nitrogen and oxygen atoms in total. The zero-order valence-corrected chi connectivity index (χ0v) is 10.5. The van der Waals surface area contributed by atoms with Crippen LogP contribution in [0.25, 0.3) is 10.9 Å². The van der Waals surface area contributed by atoms with Gasteiger partial charge in [-0.1, -0.05) is 12.1 Å². The van der Waals surface area contributed by atoms with Crippen molar-refractivity contribution in [2.75, 3.05) is 0 Å². The van der Waals surface area contributed by atoms with Crippen LogP contribution in [0.4, 0.5) is 0 Å². The van der Waals surface area contributed by atoms with Gasteiger partial charge in [0.05, 0.1) is 12.1 Å². The Morgan fingerprint density at radius 1 is 1.35 bits per heavy atom. The van der Waals surface area contributed by atoms with E-state index in [1.807, 2.05) is 18.3 Å². The fourth-order valence-electron chi connectivity index (χ4n) is 2.03. The van der Waals surface area contributed by atoms with E-state index in [0.717, 1.165) is 10.9 Å². The van der Waals surface area contributed by atoms with Crippen LogP contribution in [0.2, 0.25) is 0 Å². The summed E-state index contributed by atoms with van der Waals surface area (Å²) >= 11 is 0. The molecule has 2 aromatic heterocycles. The highest BCUT2D eigenvalue weighted by Crippen LogP contribution is 2.15. The maximum absolute atomic E-state index is 11.4. The van der Waals surface area contributed by atoms with E-state index in [9.17, 15) is 4.79 Å². The van der Waals surface area contributed by atoms with E-state index in [2.05, 4.69) is 10.1 Å². The minimum absolute atomic E-state index is 0.367. The summed E-state index contributed by atoms with van der Waals surface area (Å²) in [6.45, 7) is 0.615. The standard InChI is InChI=1S/C14H12N4O2/c19-14(17-20)11-3-4-12-9-18(16-13(12)6-11)8-10-2-1-5-15-7-10/h1-7,9,20H,8H2,(H,17,19). The first-order valence-corrected chi connectivity index (χ1v) is 6.07. The van der Waals surface area contributed by atoms with Crippen LogP contribution in [0, 0.1) is 0 Å². The summed E-state index contributed by atoms with van der Waals surface area (Å²) < 4.78 is 1.79. The van der Waals surface area contributed by atoms with Crippen molar-refractivity contribution in [3.63, 3.8) is 0 Å². The van der Waals surface area contributed by atoms with Gasteiger partial charge in [-0.3, -0.25) is 19.7 Å². The SMILES string of the molecule is O=C(NO)c1ccc2cn(Cc3cccnc3)nc2c1. The first-order chi connectivity index (χ1) is 9.76. The van der Waals surface area contributed by atoms with Gasteiger partial charge < -0.3 is 0 Å². The Labute approximate surface area is 114 Å². The number of hydrogen-bond donors (Lipinski definition) is 2. The molecule has 0 fully saturated rings. The van der Waals surface area contributed by atoms with Gasteiger partial charge in [-0.25, -0.2) is 5.48 Å². The molecule has 0 radical (unpaired) electrons. The Morgan fingerprint density at radius 2 is 2.25 bits per heavy atom. The number of hydroxylamine groups is 1. The molecule has 3 rings (SSSR count). The summed E-state index contributed by atoms with van der Waals surface area (Å²) in [4.78, 5) is 15.4. The second-order valence-electron chi connectivity index (χ2n) is 4.40. The maximum atomic E-state index is 11.4. The molecule has 0 unspecified atom stereocenters. The third kappa shape index (κ3) is 2.36. The zero-order chi connectivity index (χ0) is 13.9. The number of hydrogen-bond acceptors (Lipinski definition) is 4. The van der Waals surface area contributed by atoms with Crippen LogP contribution in [-0.2, 0) is 6.54 Å². The average molecular weight is 268 g/mol. The lowest BCUT2D eigenvalue weighted by Gasteiger charge is -1.99. The molecule has 0 saturated heterocycles. The molecule has 20 heavy (non-hydrogen) atoms. The van der Waals surface area contributed by atoms with Crippen molar-refractivity contribution in [2.24, 2.45) is 0 Å². The average Bonchev–Trinajstić information content (AvgIpc) is 2.88. The lowest BCUT2D eigenvalue weighted by Crippen LogP contribution is -2.18. The summed E-state index contributed by atoms with van der Waals surface area (Å²) in [5, 5.41) is 14.0. The van der Waals surface area contributed by atoms with Crippen molar-refractivity contribution in [1.29, 1.82) is 0 Å². The first kappa shape index (κ1) is 12.3. The minimum Gasteiger partial charge on any atom is -0.288 e. The van der Waals surface area contributed by atoms with E-state index in [0.29, 0.717) is 17.6 Å². The number of nitrogens with one attached hydrogen (secondary N) is 1. The van der Waals surface area contributed by atoms with E-state index < -0.39 is 5.91 Å². The quantitative estimate of drug-likeness (QED) is 0.558. The number of aromatic nitrogens is 3. The summed E-state index contributed by atoms with van der Waals surface area (Å²) in [5.41, 5.74) is 3.73. The highest BCUT2D eigenvalue weighted by Gasteiger charge is 2.07.